The summed E-state index contributed by atoms with van der Waals surface area (Å²) in [5.74, 6) is -0.581. The van der Waals surface area contributed by atoms with E-state index in [0.29, 0.717) is 16.1 Å². The molecule has 4 rings (SSSR count). The monoisotopic (exact) mass is 481 g/mol. The van der Waals surface area contributed by atoms with E-state index in [-0.39, 0.29) is 37.8 Å². The summed E-state index contributed by atoms with van der Waals surface area (Å²) in [5.41, 5.74) is 3.16. The van der Waals surface area contributed by atoms with Crippen molar-refractivity contribution in [2.24, 2.45) is 0 Å². The molecule has 0 atom stereocenters. The summed E-state index contributed by atoms with van der Waals surface area (Å²) in [6.07, 6.45) is 1.40. The summed E-state index contributed by atoms with van der Waals surface area (Å²) in [6, 6.07) is 13.6. The number of furan rings is 1. The average Bonchev–Trinajstić information content (AvgIpc) is 3.33. The highest BCUT2D eigenvalue weighted by Gasteiger charge is 2.33. The molecule has 3 aromatic rings. The Hall–Kier alpha value is -3.43. The van der Waals surface area contributed by atoms with Crippen molar-refractivity contribution in [2.45, 2.75) is 25.7 Å². The largest absolute Gasteiger partial charge is 0.459 e. The van der Waals surface area contributed by atoms with E-state index in [2.05, 4.69) is 5.32 Å². The number of aryl methyl sites for hydroxylation is 3. The van der Waals surface area contributed by atoms with Crippen molar-refractivity contribution in [3.05, 3.63) is 82.8 Å². The standard InChI is InChI=1S/C25H27N3O5S/c1-17-15-18(2)23(19(3)16-17)34(31,32)28-12-10-27(11-13-28)25(30)20-7-4-5-8-21(20)26-24(29)22-9-6-14-33-22/h4-9,14-16H,10-13H2,1-3H3,(H,26,29). The number of benzene rings is 2. The lowest BCUT2D eigenvalue weighted by molar-refractivity contribution is 0.0699. The Bertz CT molecular complexity index is 1300. The molecule has 0 aliphatic carbocycles. The van der Waals surface area contributed by atoms with Gasteiger partial charge < -0.3 is 14.6 Å². The van der Waals surface area contributed by atoms with Crippen LogP contribution in [0.25, 0.3) is 0 Å². The Morgan fingerprint density at radius 2 is 1.56 bits per heavy atom. The van der Waals surface area contributed by atoms with Crippen LogP contribution in [0.2, 0.25) is 0 Å². The average molecular weight is 482 g/mol. The van der Waals surface area contributed by atoms with Crippen molar-refractivity contribution in [3.63, 3.8) is 0 Å². The number of carbonyl (C=O) groups is 2. The van der Waals surface area contributed by atoms with Gasteiger partial charge in [-0.2, -0.15) is 4.31 Å². The van der Waals surface area contributed by atoms with Gasteiger partial charge in [0.1, 0.15) is 0 Å². The highest BCUT2D eigenvalue weighted by atomic mass is 32.2. The molecule has 0 spiro atoms. The fourth-order valence-electron chi connectivity index (χ4n) is 4.37. The number of rotatable bonds is 5. The first-order valence-electron chi connectivity index (χ1n) is 11.0. The zero-order valence-electron chi connectivity index (χ0n) is 19.4. The van der Waals surface area contributed by atoms with E-state index in [0.717, 1.165) is 16.7 Å². The van der Waals surface area contributed by atoms with Crippen LogP contribution in [0.5, 0.6) is 0 Å². The van der Waals surface area contributed by atoms with Gasteiger partial charge in [-0.15, -0.1) is 0 Å². The third-order valence-corrected chi connectivity index (χ3v) is 8.08. The highest BCUT2D eigenvalue weighted by molar-refractivity contribution is 7.89. The number of anilines is 1. The molecule has 1 aliphatic heterocycles. The number of nitrogens with zero attached hydrogens (tertiary/aromatic N) is 2. The van der Waals surface area contributed by atoms with Gasteiger partial charge in [-0.3, -0.25) is 9.59 Å². The van der Waals surface area contributed by atoms with Crippen LogP contribution in [0.1, 0.15) is 37.6 Å². The molecule has 1 fully saturated rings. The lowest BCUT2D eigenvalue weighted by Gasteiger charge is -2.35. The number of hydrogen-bond acceptors (Lipinski definition) is 5. The fourth-order valence-corrected chi connectivity index (χ4v) is 6.21. The topological polar surface area (TPSA) is 99.9 Å². The molecular formula is C25H27N3O5S. The normalized spacial score (nSPS) is 14.7. The molecule has 0 bridgehead atoms. The van der Waals surface area contributed by atoms with Gasteiger partial charge in [-0.1, -0.05) is 29.8 Å². The van der Waals surface area contributed by atoms with Crippen molar-refractivity contribution in [1.82, 2.24) is 9.21 Å². The van der Waals surface area contributed by atoms with Gasteiger partial charge in [-0.25, -0.2) is 8.42 Å². The molecule has 2 aromatic carbocycles. The van der Waals surface area contributed by atoms with Gasteiger partial charge in [0.25, 0.3) is 11.8 Å². The van der Waals surface area contributed by atoms with E-state index in [1.54, 1.807) is 49.1 Å². The fraction of sp³-hybridized carbons (Fsp3) is 0.280. The second-order valence-corrected chi connectivity index (χ2v) is 10.3. The maximum absolute atomic E-state index is 13.3. The number of para-hydroxylation sites is 1. The molecule has 1 aromatic heterocycles. The van der Waals surface area contributed by atoms with Gasteiger partial charge >= 0.3 is 0 Å². The predicted molar refractivity (Wildman–Crippen MR) is 128 cm³/mol. The SMILES string of the molecule is Cc1cc(C)c(S(=O)(=O)N2CCN(C(=O)c3ccccc3NC(=O)c3ccco3)CC2)c(C)c1. The summed E-state index contributed by atoms with van der Waals surface area (Å²) in [4.78, 5) is 27.6. The van der Waals surface area contributed by atoms with E-state index in [9.17, 15) is 18.0 Å². The number of carbonyl (C=O) groups excluding carboxylic acids is 2. The minimum absolute atomic E-state index is 0.141. The molecule has 8 nitrogen and oxygen atoms in total. The number of sulfonamides is 1. The Morgan fingerprint density at radius 3 is 2.18 bits per heavy atom. The quantitative estimate of drug-likeness (QED) is 0.600. The Morgan fingerprint density at radius 1 is 0.912 bits per heavy atom. The van der Waals surface area contributed by atoms with Crippen molar-refractivity contribution in [3.8, 4) is 0 Å². The zero-order valence-corrected chi connectivity index (χ0v) is 20.2. The molecular weight excluding hydrogens is 454 g/mol. The third-order valence-electron chi connectivity index (χ3n) is 5.88. The molecule has 9 heteroatoms. The van der Waals surface area contributed by atoms with Gasteiger partial charge in [-0.05, 0) is 56.2 Å². The van der Waals surface area contributed by atoms with Crippen molar-refractivity contribution in [2.75, 3.05) is 31.5 Å². The molecule has 2 heterocycles. The van der Waals surface area contributed by atoms with Crippen LogP contribution in [0, 0.1) is 20.8 Å². The Labute approximate surface area is 199 Å². The van der Waals surface area contributed by atoms with E-state index in [1.807, 2.05) is 19.1 Å². The Kier molecular flexibility index (Phi) is 6.58. The van der Waals surface area contributed by atoms with Crippen LogP contribution >= 0.6 is 0 Å². The second kappa shape index (κ2) is 9.44. The van der Waals surface area contributed by atoms with E-state index in [4.69, 9.17) is 4.42 Å². The smallest absolute Gasteiger partial charge is 0.291 e. The zero-order chi connectivity index (χ0) is 24.5. The molecule has 1 saturated heterocycles. The van der Waals surface area contributed by atoms with Crippen molar-refractivity contribution >= 4 is 27.5 Å². The van der Waals surface area contributed by atoms with E-state index in [1.165, 1.54) is 16.6 Å². The summed E-state index contributed by atoms with van der Waals surface area (Å²) < 4.78 is 33.2. The van der Waals surface area contributed by atoms with Crippen LogP contribution in [0.15, 0.2) is 64.1 Å². The predicted octanol–water partition coefficient (Wildman–Crippen LogP) is 3.60. The molecule has 1 N–H and O–H groups in total. The first-order valence-corrected chi connectivity index (χ1v) is 12.4. The minimum Gasteiger partial charge on any atom is -0.459 e. The van der Waals surface area contributed by atoms with Gasteiger partial charge in [0.05, 0.1) is 22.4 Å². The van der Waals surface area contributed by atoms with E-state index >= 15 is 0 Å². The first kappa shape index (κ1) is 23.7. The maximum atomic E-state index is 13.3. The molecule has 1 aliphatic rings. The van der Waals surface area contributed by atoms with Gasteiger partial charge in [0.2, 0.25) is 10.0 Å². The van der Waals surface area contributed by atoms with Crippen LogP contribution in [-0.2, 0) is 10.0 Å². The number of piperazine rings is 1. The summed E-state index contributed by atoms with van der Waals surface area (Å²) >= 11 is 0. The summed E-state index contributed by atoms with van der Waals surface area (Å²) in [7, 11) is -3.68. The lowest BCUT2D eigenvalue weighted by Crippen LogP contribution is -2.50. The van der Waals surface area contributed by atoms with Crippen molar-refractivity contribution < 1.29 is 22.4 Å². The molecule has 2 amide bonds. The van der Waals surface area contributed by atoms with Crippen molar-refractivity contribution in [1.29, 1.82) is 0 Å². The molecule has 0 radical (unpaired) electrons. The summed E-state index contributed by atoms with van der Waals surface area (Å²) in [5, 5.41) is 2.72. The molecule has 0 unspecified atom stereocenters. The maximum Gasteiger partial charge on any atom is 0.291 e. The van der Waals surface area contributed by atoms with Gasteiger partial charge in [0, 0.05) is 26.2 Å². The van der Waals surface area contributed by atoms with Crippen LogP contribution in [0.3, 0.4) is 0 Å². The lowest BCUT2D eigenvalue weighted by atomic mass is 10.1. The first-order chi connectivity index (χ1) is 16.2. The number of amides is 2. The van der Waals surface area contributed by atoms with Crippen LogP contribution < -0.4 is 5.32 Å². The molecule has 34 heavy (non-hydrogen) atoms. The Balaban J connectivity index is 1.48. The minimum atomic E-state index is -3.68. The van der Waals surface area contributed by atoms with Crippen LogP contribution in [0.4, 0.5) is 5.69 Å². The molecule has 178 valence electrons. The van der Waals surface area contributed by atoms with Crippen LogP contribution in [-0.4, -0.2) is 55.6 Å². The number of hydrogen-bond donors (Lipinski definition) is 1. The number of nitrogens with one attached hydrogen (secondary N) is 1. The molecule has 0 saturated carbocycles. The highest BCUT2D eigenvalue weighted by Crippen LogP contribution is 2.27. The van der Waals surface area contributed by atoms with E-state index < -0.39 is 15.9 Å². The summed E-state index contributed by atoms with van der Waals surface area (Å²) in [6.45, 7) is 6.45. The second-order valence-electron chi connectivity index (χ2n) is 8.40. The van der Waals surface area contributed by atoms with Gasteiger partial charge in [0.15, 0.2) is 5.76 Å². The third kappa shape index (κ3) is 4.62.